The lowest BCUT2D eigenvalue weighted by atomic mass is 10.1. The molecular weight excluding hydrogens is 1830 g/mol. The molecule has 0 radical (unpaired) electrons. The SMILES string of the molecule is CCCCCCCCCCCCNCCCN(CCCCN(CCCN(CCCNCCCCCCCCCCCC)CCCNCCCCCCCCCCCC)CCCN(CCCN(CCCNCCCCCCCCCCCC)CCCNCCCCCCCCCCCC)CCCN(CCCNCCCCCCCCCCCC)CCCNCCCCCCCCCCCC)CCCNCCCCCCCCCCCC. The third-order valence-electron chi connectivity index (χ3n) is 33.3. The van der Waals surface area contributed by atoms with Crippen LogP contribution in [-0.2, 0) is 0 Å². The number of rotatable bonds is 141. The van der Waals surface area contributed by atoms with Crippen molar-refractivity contribution in [2.24, 2.45) is 0 Å². The molecule has 0 aliphatic heterocycles. The molecule has 0 unspecified atom stereocenters. The van der Waals surface area contributed by atoms with Gasteiger partial charge < -0.3 is 71.9 Å². The fraction of sp³-hybridized carbons (Fsp3) is 1.00. The summed E-state index contributed by atoms with van der Waals surface area (Å²) in [4.78, 5) is 17.7. The Morgan fingerprint density at radius 3 is 0.247 bits per heavy atom. The van der Waals surface area contributed by atoms with Crippen LogP contribution in [-0.4, -0.2) is 252 Å². The smallest absolute Gasteiger partial charge is 0.000653 e. The molecule has 0 aromatic rings. The van der Waals surface area contributed by atoms with Gasteiger partial charge in [0.2, 0.25) is 0 Å². The van der Waals surface area contributed by atoms with Gasteiger partial charge in [0.1, 0.15) is 0 Å². The Balaban J connectivity index is 7.40. The Morgan fingerprint density at radius 2 is 0.147 bits per heavy atom. The summed E-state index contributed by atoms with van der Waals surface area (Å²) in [5.74, 6) is 0. The molecule has 0 saturated heterocycles. The molecule has 0 fully saturated rings. The van der Waals surface area contributed by atoms with Crippen LogP contribution >= 0.6 is 0 Å². The molecular formula is C136H288N14. The number of hydrogen-bond donors (Lipinski definition) is 8. The van der Waals surface area contributed by atoms with Gasteiger partial charge in [0.25, 0.3) is 0 Å². The first-order valence-electron chi connectivity index (χ1n) is 70.5. The maximum atomic E-state index is 3.96. The van der Waals surface area contributed by atoms with Crippen molar-refractivity contribution in [1.82, 2.24) is 71.9 Å². The largest absolute Gasteiger partial charge is 0.317 e. The summed E-state index contributed by atoms with van der Waals surface area (Å²) in [6.07, 6.45) is 131. The van der Waals surface area contributed by atoms with Gasteiger partial charge in [-0.15, -0.1) is 0 Å². The minimum Gasteiger partial charge on any atom is -0.317 e. The van der Waals surface area contributed by atoms with E-state index in [9.17, 15) is 0 Å². The standard InChI is InChI=1S/C136H288N14/c1-9-17-25-33-41-49-57-65-73-81-103-137-111-91-121-145(122-92-112-138-104-82-74-66-58-50-42-34-26-18-10-2)119-89-90-120-146(129-99-131-147(123-93-113-139-105-83-75-67-59-51-43-35-27-19-11-3)124-94-114-140-106-84-76-68-60-52-44-36-28-20-12-4)130-100-134-150(135-101-132-148(125-95-115-141-107-85-77-69-61-53-45-37-29-21-13-5)126-96-116-142-108-86-78-70-62-54-46-38-30-22-14-6)136-102-133-149(127-97-117-143-109-87-79-71-63-55-47-39-31-23-15-7)128-98-118-144-110-88-80-72-64-56-48-40-32-24-16-8/h137-144H,9-136H2,1-8H3. The second-order valence-corrected chi connectivity index (χ2v) is 48.5. The second-order valence-electron chi connectivity index (χ2n) is 48.5. The molecule has 8 N–H and O–H groups in total. The van der Waals surface area contributed by atoms with Crippen LogP contribution in [0, 0.1) is 0 Å². The minimum atomic E-state index is 1.16. The topological polar surface area (TPSA) is 116 Å². The highest BCUT2D eigenvalue weighted by Crippen LogP contribution is 2.21. The summed E-state index contributed by atoms with van der Waals surface area (Å²) in [6, 6.07) is 0. The second kappa shape index (κ2) is 137. The van der Waals surface area contributed by atoms with Gasteiger partial charge in [-0.2, -0.15) is 0 Å². The van der Waals surface area contributed by atoms with Crippen LogP contribution in [0.5, 0.6) is 0 Å². The van der Waals surface area contributed by atoms with E-state index in [-0.39, 0.29) is 0 Å². The quantitative estimate of drug-likeness (QED) is 0.0276. The van der Waals surface area contributed by atoms with Crippen LogP contribution in [0.25, 0.3) is 0 Å². The molecule has 0 aromatic carbocycles. The molecule has 902 valence electrons. The molecule has 0 spiro atoms. The molecule has 0 saturated carbocycles. The average Bonchev–Trinajstić information content (AvgIpc) is 0.948. The normalized spacial score (nSPS) is 12.1. The summed E-state index contributed by atoms with van der Waals surface area (Å²) < 4.78 is 0. The highest BCUT2D eigenvalue weighted by Gasteiger charge is 2.17. The van der Waals surface area contributed by atoms with Crippen molar-refractivity contribution in [3.8, 4) is 0 Å². The fourth-order valence-corrected chi connectivity index (χ4v) is 23.1. The zero-order chi connectivity index (χ0) is 108. The Morgan fingerprint density at radius 1 is 0.0733 bits per heavy atom. The lowest BCUT2D eigenvalue weighted by molar-refractivity contribution is 0.184. The third-order valence-corrected chi connectivity index (χ3v) is 33.3. The van der Waals surface area contributed by atoms with Crippen molar-refractivity contribution < 1.29 is 0 Å². The maximum absolute atomic E-state index is 3.96. The molecule has 0 heterocycles. The first-order valence-corrected chi connectivity index (χ1v) is 70.5. The summed E-state index contributed by atoms with van der Waals surface area (Å²) in [5.41, 5.74) is 0. The molecule has 150 heavy (non-hydrogen) atoms. The summed E-state index contributed by atoms with van der Waals surface area (Å²) >= 11 is 0. The van der Waals surface area contributed by atoms with Crippen molar-refractivity contribution in [1.29, 1.82) is 0 Å². The lowest BCUT2D eigenvalue weighted by Gasteiger charge is -2.29. The minimum absolute atomic E-state index is 1.16. The zero-order valence-corrected chi connectivity index (χ0v) is 105. The van der Waals surface area contributed by atoms with E-state index >= 15 is 0 Å². The number of nitrogens with one attached hydrogen (secondary N) is 8. The van der Waals surface area contributed by atoms with Gasteiger partial charge in [-0.1, -0.05) is 518 Å². The molecule has 0 aliphatic carbocycles. The molecule has 14 heteroatoms. The Kier molecular flexibility index (Phi) is 137. The predicted molar refractivity (Wildman–Crippen MR) is 681 cm³/mol. The monoisotopic (exact) mass is 2120 g/mol. The van der Waals surface area contributed by atoms with Gasteiger partial charge in [-0.25, -0.2) is 0 Å². The molecule has 0 bridgehead atoms. The number of nitrogens with zero attached hydrogens (tertiary/aromatic N) is 6. The molecule has 0 amide bonds. The van der Waals surface area contributed by atoms with Crippen molar-refractivity contribution >= 4 is 0 Å². The van der Waals surface area contributed by atoms with Crippen LogP contribution < -0.4 is 42.5 Å². The van der Waals surface area contributed by atoms with Crippen LogP contribution in [0.15, 0.2) is 0 Å². The van der Waals surface area contributed by atoms with Gasteiger partial charge in [0.05, 0.1) is 0 Å². The fourth-order valence-electron chi connectivity index (χ4n) is 23.1. The van der Waals surface area contributed by atoms with Gasteiger partial charge >= 0.3 is 0 Å². The van der Waals surface area contributed by atoms with Crippen molar-refractivity contribution in [3.63, 3.8) is 0 Å². The summed E-state index contributed by atoms with van der Waals surface area (Å²) in [7, 11) is 0. The first-order chi connectivity index (χ1) is 74.5. The van der Waals surface area contributed by atoms with Crippen molar-refractivity contribution in [3.05, 3.63) is 0 Å². The molecule has 0 aromatic heterocycles. The third kappa shape index (κ3) is 126. The maximum Gasteiger partial charge on any atom is -0.000653 e. The van der Waals surface area contributed by atoms with E-state index < -0.39 is 0 Å². The Bertz CT molecular complexity index is 2100. The zero-order valence-electron chi connectivity index (χ0n) is 105. The van der Waals surface area contributed by atoms with Gasteiger partial charge in [-0.05, 0) is 364 Å². The Hall–Kier alpha value is -0.560. The van der Waals surface area contributed by atoms with Gasteiger partial charge in [0.15, 0.2) is 0 Å². The molecule has 0 atom stereocenters. The van der Waals surface area contributed by atoms with E-state index in [0.29, 0.717) is 0 Å². The van der Waals surface area contributed by atoms with Gasteiger partial charge in [0, 0.05) is 0 Å². The molecule has 0 rings (SSSR count). The lowest BCUT2D eigenvalue weighted by Crippen LogP contribution is -2.37. The highest BCUT2D eigenvalue weighted by atomic mass is 15.2. The van der Waals surface area contributed by atoms with E-state index in [2.05, 4.69) is 127 Å². The highest BCUT2D eigenvalue weighted by molar-refractivity contribution is 4.74. The van der Waals surface area contributed by atoms with Gasteiger partial charge in [-0.3, -0.25) is 0 Å². The van der Waals surface area contributed by atoms with E-state index in [1.807, 2.05) is 0 Å². The summed E-state index contributed by atoms with van der Waals surface area (Å²) in [6.45, 7) is 59.7. The average molecular weight is 2120 g/mol. The van der Waals surface area contributed by atoms with E-state index in [1.165, 1.54) is 774 Å². The molecule has 14 nitrogen and oxygen atoms in total. The molecule has 0 aliphatic rings. The van der Waals surface area contributed by atoms with E-state index in [0.717, 1.165) is 52.4 Å². The number of hydrogen-bond acceptors (Lipinski definition) is 14. The van der Waals surface area contributed by atoms with Crippen LogP contribution in [0.4, 0.5) is 0 Å². The first kappa shape index (κ1) is 149. The van der Waals surface area contributed by atoms with Crippen LogP contribution in [0.2, 0.25) is 0 Å². The van der Waals surface area contributed by atoms with E-state index in [1.54, 1.807) is 0 Å². The van der Waals surface area contributed by atoms with Crippen LogP contribution in [0.3, 0.4) is 0 Å². The number of unbranched alkanes of at least 4 members (excludes halogenated alkanes) is 73. The van der Waals surface area contributed by atoms with E-state index in [4.69, 9.17) is 0 Å². The van der Waals surface area contributed by atoms with Crippen molar-refractivity contribution in [2.75, 3.05) is 223 Å². The Labute approximate surface area is 947 Å². The summed E-state index contributed by atoms with van der Waals surface area (Å²) in [5, 5.41) is 31.6. The predicted octanol–water partition coefficient (Wildman–Crippen LogP) is 36.3. The van der Waals surface area contributed by atoms with Crippen LogP contribution in [0.1, 0.15) is 659 Å². The van der Waals surface area contributed by atoms with Crippen molar-refractivity contribution in [2.45, 2.75) is 659 Å².